The molecule has 1 aliphatic rings. The van der Waals surface area contributed by atoms with Crippen LogP contribution in [0.15, 0.2) is 10.6 Å². The van der Waals surface area contributed by atoms with Gasteiger partial charge in [0.05, 0.1) is 24.5 Å². The molecule has 1 unspecified atom stereocenters. The van der Waals surface area contributed by atoms with Crippen LogP contribution in [0.2, 0.25) is 0 Å². The number of aryl methyl sites for hydroxylation is 2. The van der Waals surface area contributed by atoms with Gasteiger partial charge in [0.25, 0.3) is 0 Å². The van der Waals surface area contributed by atoms with E-state index in [4.69, 9.17) is 9.26 Å². The molecule has 0 aromatic carbocycles. The van der Waals surface area contributed by atoms with Gasteiger partial charge in [-0.1, -0.05) is 5.16 Å². The second-order valence-electron chi connectivity index (χ2n) is 4.96. The molecule has 0 bridgehead atoms. The zero-order valence-corrected chi connectivity index (χ0v) is 12.8. The summed E-state index contributed by atoms with van der Waals surface area (Å²) in [7, 11) is 0. The number of carbonyl (C=O) groups is 1. The molecule has 1 atom stereocenters. The fourth-order valence-electron chi connectivity index (χ4n) is 2.44. The normalized spacial score (nSPS) is 16.8. The molecule has 2 heterocycles. The van der Waals surface area contributed by atoms with E-state index in [0.29, 0.717) is 13.2 Å². The van der Waals surface area contributed by atoms with Crippen molar-refractivity contribution in [2.24, 2.45) is 0 Å². The zero-order valence-electron chi connectivity index (χ0n) is 12.0. The Hall–Kier alpha value is -1.89. The predicted molar refractivity (Wildman–Crippen MR) is 78.4 cm³/mol. The van der Waals surface area contributed by atoms with Crippen molar-refractivity contribution in [3.63, 3.8) is 0 Å². The zero-order chi connectivity index (χ0) is 14.8. The number of thiazole rings is 1. The van der Waals surface area contributed by atoms with Crippen LogP contribution in [0.1, 0.15) is 41.3 Å². The Morgan fingerprint density at radius 2 is 2.48 bits per heavy atom. The molecular weight excluding hydrogens is 290 g/mol. The fourth-order valence-corrected chi connectivity index (χ4v) is 3.47. The molecule has 0 saturated heterocycles. The highest BCUT2D eigenvalue weighted by molar-refractivity contribution is 7.15. The molecule has 112 valence electrons. The van der Waals surface area contributed by atoms with Crippen LogP contribution in [0, 0.1) is 6.92 Å². The molecule has 0 saturated carbocycles. The van der Waals surface area contributed by atoms with E-state index in [2.05, 4.69) is 15.5 Å². The van der Waals surface area contributed by atoms with E-state index in [9.17, 15) is 4.79 Å². The number of hydrogen-bond donors (Lipinski definition) is 1. The Morgan fingerprint density at radius 1 is 1.62 bits per heavy atom. The quantitative estimate of drug-likeness (QED) is 0.856. The van der Waals surface area contributed by atoms with Gasteiger partial charge in [0, 0.05) is 10.9 Å². The SMILES string of the molecule is CCOC(=O)C1CCc2sc(NCc3cc(C)no3)nc21. The molecule has 1 aliphatic carbocycles. The summed E-state index contributed by atoms with van der Waals surface area (Å²) in [5, 5.41) is 7.87. The maximum Gasteiger partial charge on any atom is 0.315 e. The third kappa shape index (κ3) is 2.92. The molecule has 0 amide bonds. The summed E-state index contributed by atoms with van der Waals surface area (Å²) >= 11 is 1.60. The molecule has 0 aliphatic heterocycles. The molecule has 7 heteroatoms. The van der Waals surface area contributed by atoms with Gasteiger partial charge < -0.3 is 14.6 Å². The number of nitrogens with zero attached hydrogens (tertiary/aromatic N) is 2. The van der Waals surface area contributed by atoms with Crippen molar-refractivity contribution in [3.05, 3.63) is 28.1 Å². The molecule has 21 heavy (non-hydrogen) atoms. The third-order valence-electron chi connectivity index (χ3n) is 3.38. The molecular formula is C14H17N3O3S. The predicted octanol–water partition coefficient (Wildman–Crippen LogP) is 2.64. The average molecular weight is 307 g/mol. The number of fused-ring (bicyclic) bond motifs is 1. The molecule has 2 aromatic rings. The van der Waals surface area contributed by atoms with E-state index < -0.39 is 0 Å². The van der Waals surface area contributed by atoms with E-state index in [1.165, 1.54) is 4.88 Å². The van der Waals surface area contributed by atoms with Crippen LogP contribution in [-0.4, -0.2) is 22.7 Å². The minimum absolute atomic E-state index is 0.168. The van der Waals surface area contributed by atoms with Crippen molar-refractivity contribution in [1.29, 1.82) is 0 Å². The summed E-state index contributed by atoms with van der Waals surface area (Å²) in [6.45, 7) is 4.65. The lowest BCUT2D eigenvalue weighted by atomic mass is 10.1. The van der Waals surface area contributed by atoms with Gasteiger partial charge in [-0.25, -0.2) is 4.98 Å². The summed E-state index contributed by atoms with van der Waals surface area (Å²) < 4.78 is 10.3. The molecule has 0 fully saturated rings. The Labute approximate surface area is 126 Å². The van der Waals surface area contributed by atoms with Crippen molar-refractivity contribution >= 4 is 22.4 Å². The first-order valence-electron chi connectivity index (χ1n) is 6.99. The van der Waals surface area contributed by atoms with Gasteiger partial charge in [-0.15, -0.1) is 11.3 Å². The van der Waals surface area contributed by atoms with Gasteiger partial charge in [-0.2, -0.15) is 0 Å². The monoisotopic (exact) mass is 307 g/mol. The van der Waals surface area contributed by atoms with Gasteiger partial charge in [-0.05, 0) is 26.7 Å². The highest BCUT2D eigenvalue weighted by Crippen LogP contribution is 2.39. The van der Waals surface area contributed by atoms with Crippen LogP contribution in [0.25, 0.3) is 0 Å². The lowest BCUT2D eigenvalue weighted by molar-refractivity contribution is -0.145. The van der Waals surface area contributed by atoms with Gasteiger partial charge in [0.2, 0.25) is 0 Å². The molecule has 1 N–H and O–H groups in total. The Balaban J connectivity index is 1.67. The van der Waals surface area contributed by atoms with Gasteiger partial charge >= 0.3 is 5.97 Å². The molecule has 2 aromatic heterocycles. The number of hydrogen-bond acceptors (Lipinski definition) is 7. The topological polar surface area (TPSA) is 77.2 Å². The van der Waals surface area contributed by atoms with Crippen molar-refractivity contribution in [2.45, 2.75) is 39.2 Å². The number of rotatable bonds is 5. The number of esters is 1. The van der Waals surface area contributed by atoms with E-state index in [0.717, 1.165) is 35.1 Å². The Kier molecular flexibility index (Phi) is 3.92. The van der Waals surface area contributed by atoms with Crippen LogP contribution < -0.4 is 5.32 Å². The van der Waals surface area contributed by atoms with Crippen LogP contribution in [0.5, 0.6) is 0 Å². The van der Waals surface area contributed by atoms with Gasteiger partial charge in [0.15, 0.2) is 10.9 Å². The Morgan fingerprint density at radius 3 is 3.19 bits per heavy atom. The fraction of sp³-hybridized carbons (Fsp3) is 0.500. The minimum atomic E-state index is -0.209. The van der Waals surface area contributed by atoms with Crippen molar-refractivity contribution in [2.75, 3.05) is 11.9 Å². The number of aromatic nitrogens is 2. The van der Waals surface area contributed by atoms with Crippen LogP contribution in [0.4, 0.5) is 5.13 Å². The van der Waals surface area contributed by atoms with Crippen molar-refractivity contribution in [3.8, 4) is 0 Å². The number of ether oxygens (including phenoxy) is 1. The maximum absolute atomic E-state index is 11.9. The van der Waals surface area contributed by atoms with Crippen LogP contribution >= 0.6 is 11.3 Å². The number of carbonyl (C=O) groups excluding carboxylic acids is 1. The first-order valence-corrected chi connectivity index (χ1v) is 7.81. The average Bonchev–Trinajstić information content (AvgIpc) is 3.11. The van der Waals surface area contributed by atoms with Gasteiger partial charge in [0.1, 0.15) is 5.92 Å². The number of anilines is 1. The number of nitrogens with one attached hydrogen (secondary N) is 1. The third-order valence-corrected chi connectivity index (χ3v) is 4.47. The highest BCUT2D eigenvalue weighted by Gasteiger charge is 2.33. The maximum atomic E-state index is 11.9. The summed E-state index contributed by atoms with van der Waals surface area (Å²) in [5.74, 6) is 0.392. The van der Waals surface area contributed by atoms with Crippen LogP contribution in [0.3, 0.4) is 0 Å². The van der Waals surface area contributed by atoms with Crippen molar-refractivity contribution < 1.29 is 14.1 Å². The van der Waals surface area contributed by atoms with E-state index >= 15 is 0 Å². The summed E-state index contributed by atoms with van der Waals surface area (Å²) in [6.07, 6.45) is 1.69. The second-order valence-corrected chi connectivity index (χ2v) is 6.04. The first-order chi connectivity index (χ1) is 10.2. The van der Waals surface area contributed by atoms with Crippen LogP contribution in [-0.2, 0) is 22.5 Å². The minimum Gasteiger partial charge on any atom is -0.465 e. The Bertz CT molecular complexity index is 650. The molecule has 3 rings (SSSR count). The molecule has 0 radical (unpaired) electrons. The summed E-state index contributed by atoms with van der Waals surface area (Å²) in [4.78, 5) is 17.6. The van der Waals surface area contributed by atoms with E-state index in [-0.39, 0.29) is 11.9 Å². The first kappa shape index (κ1) is 14.1. The van der Waals surface area contributed by atoms with Gasteiger partial charge in [-0.3, -0.25) is 4.79 Å². The second kappa shape index (κ2) is 5.85. The highest BCUT2D eigenvalue weighted by atomic mass is 32.1. The smallest absolute Gasteiger partial charge is 0.315 e. The molecule has 6 nitrogen and oxygen atoms in total. The van der Waals surface area contributed by atoms with Crippen molar-refractivity contribution in [1.82, 2.24) is 10.1 Å². The van der Waals surface area contributed by atoms with E-state index in [1.807, 2.05) is 19.9 Å². The lowest BCUT2D eigenvalue weighted by Crippen LogP contribution is -2.14. The largest absolute Gasteiger partial charge is 0.465 e. The van der Waals surface area contributed by atoms with E-state index in [1.54, 1.807) is 11.3 Å². The molecule has 0 spiro atoms. The summed E-state index contributed by atoms with van der Waals surface area (Å²) in [5.41, 5.74) is 1.73. The lowest BCUT2D eigenvalue weighted by Gasteiger charge is -2.07. The standard InChI is InChI=1S/C14H17N3O3S/c1-3-19-13(18)10-4-5-11-12(10)16-14(21-11)15-7-9-6-8(2)17-20-9/h6,10H,3-5,7H2,1-2H3,(H,15,16). The summed E-state index contributed by atoms with van der Waals surface area (Å²) in [6, 6.07) is 1.88.